The fraction of sp³-hybridized carbons (Fsp3) is 0.895. The predicted octanol–water partition coefficient (Wildman–Crippen LogP) is 2.61. The molecule has 1 saturated heterocycles. The quantitative estimate of drug-likeness (QED) is 0.532. The van der Waals surface area contributed by atoms with Crippen LogP contribution in [0.3, 0.4) is 0 Å². The summed E-state index contributed by atoms with van der Waals surface area (Å²) in [5.74, 6) is 1.37. The zero-order valence-corrected chi connectivity index (χ0v) is 17.6. The highest BCUT2D eigenvalue weighted by Gasteiger charge is 2.31. The maximum Gasteiger partial charge on any atom is 0.408 e. The summed E-state index contributed by atoms with van der Waals surface area (Å²) in [6, 6.07) is 0. The van der Waals surface area contributed by atoms with Crippen LogP contribution in [0.25, 0.3) is 0 Å². The van der Waals surface area contributed by atoms with E-state index >= 15 is 0 Å². The first-order chi connectivity index (χ1) is 12.1. The van der Waals surface area contributed by atoms with Gasteiger partial charge in [0.25, 0.3) is 0 Å². The lowest BCUT2D eigenvalue weighted by Crippen LogP contribution is -2.57. The van der Waals surface area contributed by atoms with Crippen LogP contribution in [-0.2, 0) is 9.47 Å². The molecule has 1 rings (SSSR count). The van der Waals surface area contributed by atoms with Gasteiger partial charge in [0.1, 0.15) is 5.60 Å². The number of nitrogens with zero attached hydrogens (tertiary/aromatic N) is 2. The number of alkyl carbamates (subject to hydrolysis) is 1. The van der Waals surface area contributed by atoms with E-state index in [2.05, 4.69) is 34.4 Å². The summed E-state index contributed by atoms with van der Waals surface area (Å²) in [5, 5.41) is 6.48. The Bertz CT molecular complexity index is 464. The minimum absolute atomic E-state index is 0.379. The maximum atomic E-state index is 12.3. The average Bonchev–Trinajstić information content (AvgIpc) is 3.05. The Kier molecular flexibility index (Phi) is 8.67. The van der Waals surface area contributed by atoms with Crippen molar-refractivity contribution in [3.05, 3.63) is 0 Å². The van der Waals surface area contributed by atoms with Crippen molar-refractivity contribution in [2.45, 2.75) is 65.0 Å². The monoisotopic (exact) mass is 370 g/mol. The van der Waals surface area contributed by atoms with E-state index < -0.39 is 5.60 Å². The molecule has 7 heteroatoms. The first kappa shape index (κ1) is 22.5. The van der Waals surface area contributed by atoms with Crippen LogP contribution >= 0.6 is 0 Å². The summed E-state index contributed by atoms with van der Waals surface area (Å²) in [7, 11) is 3.82. The van der Waals surface area contributed by atoms with Crippen LogP contribution in [0.5, 0.6) is 0 Å². The first-order valence-corrected chi connectivity index (χ1v) is 9.65. The van der Waals surface area contributed by atoms with Gasteiger partial charge in [-0.1, -0.05) is 13.8 Å². The van der Waals surface area contributed by atoms with Gasteiger partial charge < -0.3 is 25.0 Å². The van der Waals surface area contributed by atoms with Crippen LogP contribution in [-0.4, -0.2) is 68.5 Å². The van der Waals surface area contributed by atoms with Crippen molar-refractivity contribution in [1.29, 1.82) is 0 Å². The van der Waals surface area contributed by atoms with Crippen LogP contribution in [0.4, 0.5) is 4.79 Å². The van der Waals surface area contributed by atoms with Crippen molar-refractivity contribution in [2.75, 3.05) is 40.4 Å². The lowest BCUT2D eigenvalue weighted by molar-refractivity contribution is 0.0448. The van der Waals surface area contributed by atoms with Gasteiger partial charge >= 0.3 is 6.09 Å². The highest BCUT2D eigenvalue weighted by molar-refractivity contribution is 5.79. The molecule has 26 heavy (non-hydrogen) atoms. The van der Waals surface area contributed by atoms with Crippen molar-refractivity contribution in [3.63, 3.8) is 0 Å². The average molecular weight is 371 g/mol. The molecule has 7 nitrogen and oxygen atoms in total. The number of hydrogen-bond acceptors (Lipinski definition) is 4. The molecule has 1 heterocycles. The fourth-order valence-electron chi connectivity index (χ4n) is 3.08. The molecule has 0 bridgehead atoms. The van der Waals surface area contributed by atoms with Crippen molar-refractivity contribution >= 4 is 12.1 Å². The smallest absolute Gasteiger partial charge is 0.408 e. The molecular formula is C19H38N4O3. The van der Waals surface area contributed by atoms with E-state index in [1.165, 1.54) is 0 Å². The number of guanidine groups is 1. The predicted molar refractivity (Wildman–Crippen MR) is 106 cm³/mol. The third kappa shape index (κ3) is 7.40. The largest absolute Gasteiger partial charge is 0.444 e. The molecule has 1 fully saturated rings. The summed E-state index contributed by atoms with van der Waals surface area (Å²) in [4.78, 5) is 18.8. The molecule has 152 valence electrons. The van der Waals surface area contributed by atoms with Crippen LogP contribution in [0.2, 0.25) is 0 Å². The summed E-state index contributed by atoms with van der Waals surface area (Å²) < 4.78 is 10.9. The fourth-order valence-corrected chi connectivity index (χ4v) is 3.08. The lowest BCUT2D eigenvalue weighted by Gasteiger charge is -2.35. The zero-order valence-electron chi connectivity index (χ0n) is 17.6. The van der Waals surface area contributed by atoms with E-state index in [4.69, 9.17) is 9.47 Å². The van der Waals surface area contributed by atoms with Crippen LogP contribution in [0.1, 0.15) is 53.9 Å². The van der Waals surface area contributed by atoms with Gasteiger partial charge in [-0.05, 0) is 40.0 Å². The molecule has 2 N–H and O–H groups in total. The summed E-state index contributed by atoms with van der Waals surface area (Å²) in [6.45, 7) is 12.9. The Morgan fingerprint density at radius 1 is 1.31 bits per heavy atom. The molecule has 0 saturated carbocycles. The van der Waals surface area contributed by atoms with Gasteiger partial charge in [-0.25, -0.2) is 4.79 Å². The molecule has 0 aliphatic carbocycles. The van der Waals surface area contributed by atoms with Gasteiger partial charge in [0.2, 0.25) is 0 Å². The number of ether oxygens (including phenoxy) is 2. The molecule has 0 aromatic heterocycles. The van der Waals surface area contributed by atoms with Crippen LogP contribution in [0, 0.1) is 5.92 Å². The highest BCUT2D eigenvalue weighted by Crippen LogP contribution is 2.17. The van der Waals surface area contributed by atoms with Gasteiger partial charge in [0.15, 0.2) is 5.96 Å². The number of nitrogens with one attached hydrogen (secondary N) is 2. The Labute approximate surface area is 158 Å². The molecule has 0 radical (unpaired) electrons. The standard InChI is InChI=1S/C19H38N4O3/c1-8-19(9-2,22-17(24)26-18(3,4)5)14-21-16(20-6)23(7)12-15-10-11-25-13-15/h15H,8-14H2,1-7H3,(H,20,21)(H,22,24). The first-order valence-electron chi connectivity index (χ1n) is 9.65. The topological polar surface area (TPSA) is 75.2 Å². The van der Waals surface area contributed by atoms with Gasteiger partial charge in [-0.2, -0.15) is 0 Å². The number of hydrogen-bond donors (Lipinski definition) is 2. The number of carbonyl (C=O) groups excluding carboxylic acids is 1. The Morgan fingerprint density at radius 2 is 1.96 bits per heavy atom. The second-order valence-electron chi connectivity index (χ2n) is 8.13. The minimum atomic E-state index is -0.510. The van der Waals surface area contributed by atoms with Crippen LogP contribution in [0.15, 0.2) is 4.99 Å². The van der Waals surface area contributed by atoms with Gasteiger partial charge in [0, 0.05) is 39.7 Å². The number of aliphatic imine (C=N–C) groups is 1. The third-order valence-corrected chi connectivity index (χ3v) is 4.83. The molecule has 1 atom stereocenters. The lowest BCUT2D eigenvalue weighted by atomic mass is 9.93. The molecule has 0 aromatic rings. The van der Waals surface area contributed by atoms with E-state index in [0.29, 0.717) is 12.5 Å². The number of carbonyl (C=O) groups is 1. The van der Waals surface area contributed by atoms with Crippen molar-refractivity contribution in [1.82, 2.24) is 15.5 Å². The third-order valence-electron chi connectivity index (χ3n) is 4.83. The molecule has 1 aliphatic heterocycles. The zero-order chi connectivity index (χ0) is 19.8. The minimum Gasteiger partial charge on any atom is -0.444 e. The van der Waals surface area contributed by atoms with Gasteiger partial charge in [-0.3, -0.25) is 4.99 Å². The number of rotatable bonds is 7. The summed E-state index contributed by atoms with van der Waals surface area (Å²) in [5.41, 5.74) is -0.889. The second-order valence-corrected chi connectivity index (χ2v) is 8.13. The maximum absolute atomic E-state index is 12.3. The molecular weight excluding hydrogens is 332 g/mol. The molecule has 1 aliphatic rings. The van der Waals surface area contributed by atoms with E-state index in [1.807, 2.05) is 27.8 Å². The normalized spacial score (nSPS) is 18.6. The van der Waals surface area contributed by atoms with Crippen molar-refractivity contribution in [2.24, 2.45) is 10.9 Å². The molecule has 0 aromatic carbocycles. The second kappa shape index (κ2) is 10.00. The molecule has 0 spiro atoms. The van der Waals surface area contributed by atoms with Crippen molar-refractivity contribution < 1.29 is 14.3 Å². The van der Waals surface area contributed by atoms with Crippen LogP contribution < -0.4 is 10.6 Å². The van der Waals surface area contributed by atoms with E-state index in [-0.39, 0.29) is 11.6 Å². The highest BCUT2D eigenvalue weighted by atomic mass is 16.6. The SMILES string of the molecule is CCC(CC)(CNC(=NC)N(C)CC1CCOC1)NC(=O)OC(C)(C)C. The van der Waals surface area contributed by atoms with Crippen molar-refractivity contribution in [3.8, 4) is 0 Å². The molecule has 1 amide bonds. The Hall–Kier alpha value is -1.50. The van der Waals surface area contributed by atoms with Gasteiger partial charge in [0.05, 0.1) is 12.1 Å². The summed E-state index contributed by atoms with van der Waals surface area (Å²) >= 11 is 0. The van der Waals surface area contributed by atoms with E-state index in [0.717, 1.165) is 45.0 Å². The Balaban J connectivity index is 2.65. The molecule has 1 unspecified atom stereocenters. The van der Waals surface area contributed by atoms with E-state index in [9.17, 15) is 4.79 Å². The number of amides is 1. The Morgan fingerprint density at radius 3 is 2.42 bits per heavy atom. The van der Waals surface area contributed by atoms with Gasteiger partial charge in [-0.15, -0.1) is 0 Å². The van der Waals surface area contributed by atoms with E-state index in [1.54, 1.807) is 7.05 Å². The summed E-state index contributed by atoms with van der Waals surface area (Å²) in [6.07, 6.45) is 2.31.